The predicted octanol–water partition coefficient (Wildman–Crippen LogP) is 5.52. The Hall–Kier alpha value is -0.260. The fraction of sp³-hybridized carbons (Fsp3) is 0.957. The number of ether oxygens (including phenoxy) is 2. The lowest BCUT2D eigenvalue weighted by Crippen LogP contribution is -2.41. The molecule has 4 unspecified atom stereocenters. The van der Waals surface area contributed by atoms with Gasteiger partial charge in [0.05, 0.1) is 6.10 Å². The van der Waals surface area contributed by atoms with E-state index in [9.17, 15) is 9.90 Å². The monoisotopic (exact) mass is 412 g/mol. The van der Waals surface area contributed by atoms with Crippen molar-refractivity contribution in [2.45, 2.75) is 109 Å². The van der Waals surface area contributed by atoms with Crippen molar-refractivity contribution in [1.82, 2.24) is 0 Å². The number of hydrogen-bond donors (Lipinski definition) is 1. The molecule has 0 aromatic carbocycles. The van der Waals surface area contributed by atoms with Gasteiger partial charge in [-0.25, -0.2) is 4.79 Å². The van der Waals surface area contributed by atoms with Crippen LogP contribution >= 0.6 is 11.8 Å². The Bertz CT molecular complexity index is 541. The number of carbonyl (C=O) groups excluding carboxylic acids is 1. The second-order valence-electron chi connectivity index (χ2n) is 9.89. The zero-order valence-corrected chi connectivity index (χ0v) is 19.1. The van der Waals surface area contributed by atoms with Crippen molar-refractivity contribution < 1.29 is 19.4 Å². The molecular weight excluding hydrogens is 372 g/mol. The van der Waals surface area contributed by atoms with Crippen LogP contribution in [0.1, 0.15) is 91.9 Å². The van der Waals surface area contributed by atoms with Crippen LogP contribution in [0.15, 0.2) is 0 Å². The van der Waals surface area contributed by atoms with Gasteiger partial charge in [0, 0.05) is 0 Å². The fourth-order valence-corrected chi connectivity index (χ4v) is 7.22. The normalized spacial score (nSPS) is 41.7. The van der Waals surface area contributed by atoms with Gasteiger partial charge < -0.3 is 14.6 Å². The summed E-state index contributed by atoms with van der Waals surface area (Å²) in [6.45, 7) is 8.85. The van der Waals surface area contributed by atoms with E-state index in [1.807, 2.05) is 6.92 Å². The van der Waals surface area contributed by atoms with E-state index < -0.39 is 11.2 Å². The number of hydrogen-bond acceptors (Lipinski definition) is 5. The van der Waals surface area contributed by atoms with Gasteiger partial charge in [0.15, 0.2) is 5.60 Å². The lowest BCUT2D eigenvalue weighted by Gasteiger charge is -2.45. The molecule has 0 amide bonds. The van der Waals surface area contributed by atoms with E-state index in [1.54, 1.807) is 11.8 Å². The van der Waals surface area contributed by atoms with Gasteiger partial charge in [-0.1, -0.05) is 51.8 Å². The molecule has 1 heterocycles. The van der Waals surface area contributed by atoms with E-state index in [0.717, 1.165) is 50.7 Å². The van der Waals surface area contributed by atoms with Crippen LogP contribution in [0.5, 0.6) is 0 Å². The number of aliphatic hydroxyl groups is 1. The van der Waals surface area contributed by atoms with Gasteiger partial charge in [-0.15, -0.1) is 0 Å². The molecular formula is C23H40O4S. The molecule has 0 aromatic rings. The molecule has 162 valence electrons. The van der Waals surface area contributed by atoms with Crippen LogP contribution < -0.4 is 0 Å². The quantitative estimate of drug-likeness (QED) is 0.399. The number of aliphatic hydroxyl groups excluding tert-OH is 1. The van der Waals surface area contributed by atoms with E-state index >= 15 is 0 Å². The number of carbonyl (C=O) groups is 1. The van der Waals surface area contributed by atoms with Crippen molar-refractivity contribution in [2.24, 2.45) is 23.2 Å². The summed E-state index contributed by atoms with van der Waals surface area (Å²) in [4.78, 5) is 12.4. The van der Waals surface area contributed by atoms with Crippen molar-refractivity contribution in [3.8, 4) is 0 Å². The second kappa shape index (κ2) is 9.26. The summed E-state index contributed by atoms with van der Waals surface area (Å²) in [5, 5.41) is 10.5. The highest BCUT2D eigenvalue weighted by Gasteiger charge is 2.52. The van der Waals surface area contributed by atoms with Crippen LogP contribution in [-0.4, -0.2) is 34.2 Å². The molecule has 1 N–H and O–H groups in total. The van der Waals surface area contributed by atoms with Crippen LogP contribution in [0.2, 0.25) is 0 Å². The SMILES string of the molecule is CCCCS[C@@H]1OC(=O)[C@@](C)(CCC[C@@H](C)C2CCC3C(O)CCCC32C)O1. The summed E-state index contributed by atoms with van der Waals surface area (Å²) in [5.41, 5.74) is -0.919. The van der Waals surface area contributed by atoms with E-state index in [1.165, 1.54) is 19.3 Å². The minimum absolute atomic E-state index is 0.0985. The summed E-state index contributed by atoms with van der Waals surface area (Å²) in [5.74, 6) is 2.57. The highest BCUT2D eigenvalue weighted by molar-refractivity contribution is 7.99. The number of cyclic esters (lactones) is 1. The third kappa shape index (κ3) is 4.57. The van der Waals surface area contributed by atoms with Crippen molar-refractivity contribution in [2.75, 3.05) is 5.75 Å². The van der Waals surface area contributed by atoms with E-state index in [-0.39, 0.29) is 12.1 Å². The minimum atomic E-state index is -0.785. The van der Waals surface area contributed by atoms with E-state index in [4.69, 9.17) is 9.47 Å². The van der Waals surface area contributed by atoms with Gasteiger partial charge in [-0.05, 0) is 80.8 Å². The van der Waals surface area contributed by atoms with Crippen LogP contribution in [0.25, 0.3) is 0 Å². The Labute approximate surface area is 175 Å². The van der Waals surface area contributed by atoms with Crippen LogP contribution in [0, 0.1) is 23.2 Å². The zero-order chi connectivity index (χ0) is 20.4. The lowest BCUT2D eigenvalue weighted by atomic mass is 9.61. The van der Waals surface area contributed by atoms with Crippen molar-refractivity contribution >= 4 is 17.7 Å². The maximum absolute atomic E-state index is 12.4. The molecule has 0 radical (unpaired) electrons. The smallest absolute Gasteiger partial charge is 0.341 e. The van der Waals surface area contributed by atoms with E-state index in [2.05, 4.69) is 20.8 Å². The number of esters is 1. The molecule has 2 aliphatic carbocycles. The van der Waals surface area contributed by atoms with Gasteiger partial charge in [0.1, 0.15) is 0 Å². The molecule has 28 heavy (non-hydrogen) atoms. The van der Waals surface area contributed by atoms with Crippen molar-refractivity contribution in [3.63, 3.8) is 0 Å². The topological polar surface area (TPSA) is 55.8 Å². The molecule has 4 nitrogen and oxygen atoms in total. The summed E-state index contributed by atoms with van der Waals surface area (Å²) in [6.07, 6.45) is 10.8. The first-order valence-electron chi connectivity index (χ1n) is 11.5. The molecule has 0 aromatic heterocycles. The third-order valence-corrected chi connectivity index (χ3v) is 8.89. The molecule has 3 aliphatic rings. The Morgan fingerprint density at radius 3 is 2.79 bits per heavy atom. The van der Waals surface area contributed by atoms with Crippen LogP contribution in [0.3, 0.4) is 0 Å². The summed E-state index contributed by atoms with van der Waals surface area (Å²) in [7, 11) is 0. The number of unbranched alkanes of at least 4 members (excludes halogenated alkanes) is 1. The maximum atomic E-state index is 12.4. The van der Waals surface area contributed by atoms with Gasteiger partial charge in [0.25, 0.3) is 5.62 Å². The zero-order valence-electron chi connectivity index (χ0n) is 18.2. The highest BCUT2D eigenvalue weighted by atomic mass is 32.2. The molecule has 3 fully saturated rings. The van der Waals surface area contributed by atoms with Crippen molar-refractivity contribution in [3.05, 3.63) is 0 Å². The van der Waals surface area contributed by atoms with Crippen molar-refractivity contribution in [1.29, 1.82) is 0 Å². The first-order valence-corrected chi connectivity index (χ1v) is 12.5. The van der Waals surface area contributed by atoms with Crippen LogP contribution in [0.4, 0.5) is 0 Å². The fourth-order valence-electron chi connectivity index (χ4n) is 6.14. The molecule has 1 saturated heterocycles. The Kier molecular flexibility index (Phi) is 7.42. The molecule has 2 saturated carbocycles. The van der Waals surface area contributed by atoms with E-state index in [0.29, 0.717) is 23.2 Å². The molecule has 3 rings (SSSR count). The lowest BCUT2D eigenvalue weighted by molar-refractivity contribution is -0.143. The standard InChI is InChI=1S/C23H40O4S/c1-5-6-15-28-21-26-20(25)23(4,27-21)14-7-9-16(2)17-11-12-18-19(24)10-8-13-22(17,18)3/h16-19,21,24H,5-15H2,1-4H3/t16-,17?,18?,19?,21-,22?,23-/m1/s1. The molecule has 5 heteroatoms. The Morgan fingerprint density at radius 2 is 2.04 bits per heavy atom. The average molecular weight is 413 g/mol. The third-order valence-electron chi connectivity index (χ3n) is 7.91. The summed E-state index contributed by atoms with van der Waals surface area (Å²) < 4.78 is 11.4. The summed E-state index contributed by atoms with van der Waals surface area (Å²) >= 11 is 1.60. The highest BCUT2D eigenvalue weighted by Crippen LogP contribution is 2.58. The Balaban J connectivity index is 1.47. The number of thioether (sulfide) groups is 1. The predicted molar refractivity (Wildman–Crippen MR) is 114 cm³/mol. The molecule has 0 bridgehead atoms. The van der Waals surface area contributed by atoms with Gasteiger partial charge in [-0.3, -0.25) is 0 Å². The molecule has 7 atom stereocenters. The first kappa shape index (κ1) is 22.4. The largest absolute Gasteiger partial charge is 0.424 e. The first-order chi connectivity index (χ1) is 13.3. The minimum Gasteiger partial charge on any atom is -0.424 e. The summed E-state index contributed by atoms with van der Waals surface area (Å²) in [6, 6.07) is 0. The Morgan fingerprint density at radius 1 is 1.25 bits per heavy atom. The van der Waals surface area contributed by atoms with Crippen LogP contribution in [-0.2, 0) is 14.3 Å². The maximum Gasteiger partial charge on any atom is 0.341 e. The van der Waals surface area contributed by atoms with Gasteiger partial charge >= 0.3 is 5.97 Å². The molecule has 1 aliphatic heterocycles. The van der Waals surface area contributed by atoms with Gasteiger partial charge in [0.2, 0.25) is 0 Å². The molecule has 0 spiro atoms. The average Bonchev–Trinajstić information content (AvgIpc) is 3.13. The number of rotatable bonds is 9. The second-order valence-corrected chi connectivity index (χ2v) is 11.0. The number of fused-ring (bicyclic) bond motifs is 1. The van der Waals surface area contributed by atoms with Gasteiger partial charge in [-0.2, -0.15) is 0 Å².